The number of hydrogen-bond donors (Lipinski definition) is 3. The minimum Gasteiger partial charge on any atom is -0.399 e. The van der Waals surface area contributed by atoms with Crippen LogP contribution in [0.2, 0.25) is 0 Å². The van der Waals surface area contributed by atoms with Crippen LogP contribution in [-0.4, -0.2) is 26.2 Å². The fraction of sp³-hybridized carbons (Fsp3) is 0.500. The molecular weight excluding hydrogens is 271 g/mol. The van der Waals surface area contributed by atoms with Crippen molar-refractivity contribution < 1.29 is 17.9 Å². The summed E-state index contributed by atoms with van der Waals surface area (Å²) in [5.41, 5.74) is 5.54. The highest BCUT2D eigenvalue weighted by atomic mass is 32.2. The molecule has 0 saturated heterocycles. The smallest absolute Gasteiger partial charge is 0.241 e. The number of nitrogen functional groups attached to an aromatic ring is 1. The molecule has 0 aromatic heterocycles. The zero-order valence-corrected chi connectivity index (χ0v) is 12.0. The maximum absolute atomic E-state index is 13.5. The van der Waals surface area contributed by atoms with Gasteiger partial charge in [0.05, 0.1) is 4.90 Å². The molecule has 0 heterocycles. The van der Waals surface area contributed by atoms with E-state index in [-0.39, 0.29) is 28.7 Å². The lowest BCUT2D eigenvalue weighted by atomic mass is 10.1. The number of nitrogens with one attached hydrogen (secondary N) is 1. The van der Waals surface area contributed by atoms with Crippen molar-refractivity contribution in [3.05, 3.63) is 23.5 Å². The molecule has 0 aliphatic rings. The van der Waals surface area contributed by atoms with Crippen LogP contribution in [0.5, 0.6) is 0 Å². The van der Waals surface area contributed by atoms with Gasteiger partial charge in [-0.1, -0.05) is 6.92 Å². The van der Waals surface area contributed by atoms with E-state index < -0.39 is 21.9 Å². The Morgan fingerprint density at radius 1 is 1.42 bits per heavy atom. The predicted octanol–water partition coefficient (Wildman–Crippen LogP) is 1.01. The summed E-state index contributed by atoms with van der Waals surface area (Å²) in [6.07, 6.45) is 0. The largest absolute Gasteiger partial charge is 0.399 e. The number of benzene rings is 1. The molecule has 5 nitrogen and oxygen atoms in total. The highest BCUT2D eigenvalue weighted by Gasteiger charge is 2.24. The lowest BCUT2D eigenvalue weighted by Crippen LogP contribution is -2.38. The van der Waals surface area contributed by atoms with Crippen LogP contribution in [0.25, 0.3) is 0 Å². The van der Waals surface area contributed by atoms with Crippen LogP contribution < -0.4 is 10.5 Å². The molecular formula is C12H19FN2O3S. The van der Waals surface area contributed by atoms with Gasteiger partial charge in [-0.15, -0.1) is 0 Å². The topological polar surface area (TPSA) is 92.4 Å². The van der Waals surface area contributed by atoms with Gasteiger partial charge in [-0.05, 0) is 31.9 Å². The molecule has 2 atom stereocenters. The third-order valence-electron chi connectivity index (χ3n) is 3.09. The molecule has 4 N–H and O–H groups in total. The molecule has 0 saturated carbocycles. The zero-order chi connectivity index (χ0) is 14.8. The molecule has 1 aromatic carbocycles. The Labute approximate surface area is 112 Å². The van der Waals surface area contributed by atoms with Gasteiger partial charge in [0, 0.05) is 23.9 Å². The van der Waals surface area contributed by atoms with Gasteiger partial charge in [0.2, 0.25) is 10.0 Å². The van der Waals surface area contributed by atoms with Crippen LogP contribution in [0.3, 0.4) is 0 Å². The van der Waals surface area contributed by atoms with Gasteiger partial charge in [0.1, 0.15) is 5.82 Å². The van der Waals surface area contributed by atoms with E-state index >= 15 is 0 Å². The number of halogens is 1. The lowest BCUT2D eigenvalue weighted by molar-refractivity contribution is 0.216. The Morgan fingerprint density at radius 3 is 2.53 bits per heavy atom. The van der Waals surface area contributed by atoms with Gasteiger partial charge in [-0.2, -0.15) is 0 Å². The first-order valence-electron chi connectivity index (χ1n) is 5.88. The van der Waals surface area contributed by atoms with Crippen molar-refractivity contribution in [2.45, 2.75) is 31.7 Å². The van der Waals surface area contributed by atoms with Crippen molar-refractivity contribution in [3.63, 3.8) is 0 Å². The van der Waals surface area contributed by atoms with Gasteiger partial charge in [0.15, 0.2) is 0 Å². The monoisotopic (exact) mass is 290 g/mol. The van der Waals surface area contributed by atoms with Crippen LogP contribution >= 0.6 is 0 Å². The number of nitrogens with two attached hydrogens (primary N) is 1. The normalized spacial score (nSPS) is 15.2. The molecule has 108 valence electrons. The maximum Gasteiger partial charge on any atom is 0.241 e. The Morgan fingerprint density at radius 2 is 2.00 bits per heavy atom. The SMILES string of the molecule is Cc1c(F)cc(N)cc1S(=O)(=O)NC(C)C(C)CO. The number of aliphatic hydroxyl groups excluding tert-OH is 1. The Balaban J connectivity index is 3.14. The first kappa shape index (κ1) is 15.9. The van der Waals surface area contributed by atoms with E-state index in [4.69, 9.17) is 10.8 Å². The van der Waals surface area contributed by atoms with E-state index in [1.54, 1.807) is 13.8 Å². The van der Waals surface area contributed by atoms with E-state index in [1.807, 2.05) is 0 Å². The van der Waals surface area contributed by atoms with Gasteiger partial charge in [-0.25, -0.2) is 17.5 Å². The number of anilines is 1. The Kier molecular flexibility index (Phi) is 4.89. The van der Waals surface area contributed by atoms with Gasteiger partial charge in [-0.3, -0.25) is 0 Å². The van der Waals surface area contributed by atoms with Crippen molar-refractivity contribution in [2.24, 2.45) is 5.92 Å². The Hall–Kier alpha value is -1.18. The van der Waals surface area contributed by atoms with Crippen LogP contribution in [0, 0.1) is 18.7 Å². The summed E-state index contributed by atoms with van der Waals surface area (Å²) in [5.74, 6) is -0.913. The second-order valence-corrected chi connectivity index (χ2v) is 6.38. The average Bonchev–Trinajstić information content (AvgIpc) is 2.31. The van der Waals surface area contributed by atoms with Crippen molar-refractivity contribution in [1.82, 2.24) is 4.72 Å². The minimum absolute atomic E-state index is 0.0190. The second kappa shape index (κ2) is 5.85. The van der Waals surface area contributed by atoms with Gasteiger partial charge < -0.3 is 10.8 Å². The lowest BCUT2D eigenvalue weighted by Gasteiger charge is -2.20. The van der Waals surface area contributed by atoms with E-state index in [0.29, 0.717) is 0 Å². The van der Waals surface area contributed by atoms with Crippen molar-refractivity contribution >= 4 is 15.7 Å². The quantitative estimate of drug-likeness (QED) is 0.706. The molecule has 0 aliphatic carbocycles. The average molecular weight is 290 g/mol. The fourth-order valence-corrected chi connectivity index (χ4v) is 3.18. The van der Waals surface area contributed by atoms with Gasteiger partial charge >= 0.3 is 0 Å². The molecule has 1 aromatic rings. The van der Waals surface area contributed by atoms with E-state index in [2.05, 4.69) is 4.72 Å². The number of hydrogen-bond acceptors (Lipinski definition) is 4. The van der Waals surface area contributed by atoms with Crippen molar-refractivity contribution in [1.29, 1.82) is 0 Å². The molecule has 0 spiro atoms. The molecule has 0 bridgehead atoms. The number of aliphatic hydroxyl groups is 1. The predicted molar refractivity (Wildman–Crippen MR) is 71.6 cm³/mol. The molecule has 7 heteroatoms. The summed E-state index contributed by atoms with van der Waals surface area (Å²) < 4.78 is 40.3. The molecule has 2 unspecified atom stereocenters. The fourth-order valence-electron chi connectivity index (χ4n) is 1.54. The maximum atomic E-state index is 13.5. The zero-order valence-electron chi connectivity index (χ0n) is 11.1. The minimum atomic E-state index is -3.87. The summed E-state index contributed by atoms with van der Waals surface area (Å²) in [4.78, 5) is -0.179. The molecule has 0 aliphatic heterocycles. The summed E-state index contributed by atoms with van der Waals surface area (Å²) in [7, 11) is -3.87. The molecule has 1 rings (SSSR count). The standard InChI is InChI=1S/C12H19FN2O3S/c1-7(6-16)9(3)15-19(17,18)12-5-10(14)4-11(13)8(12)2/h4-5,7,9,15-16H,6,14H2,1-3H3. The number of sulfonamides is 1. The van der Waals surface area contributed by atoms with Crippen molar-refractivity contribution in [3.8, 4) is 0 Å². The third-order valence-corrected chi connectivity index (χ3v) is 4.78. The number of rotatable bonds is 5. The highest BCUT2D eigenvalue weighted by Crippen LogP contribution is 2.22. The van der Waals surface area contributed by atoms with E-state index in [0.717, 1.165) is 6.07 Å². The van der Waals surface area contributed by atoms with Crippen LogP contribution in [0.15, 0.2) is 17.0 Å². The van der Waals surface area contributed by atoms with Crippen LogP contribution in [0.4, 0.5) is 10.1 Å². The van der Waals surface area contributed by atoms with Crippen LogP contribution in [0.1, 0.15) is 19.4 Å². The summed E-state index contributed by atoms with van der Waals surface area (Å²) in [6.45, 7) is 4.58. The second-order valence-electron chi connectivity index (χ2n) is 4.70. The van der Waals surface area contributed by atoms with Crippen LogP contribution in [-0.2, 0) is 10.0 Å². The van der Waals surface area contributed by atoms with E-state index in [9.17, 15) is 12.8 Å². The summed E-state index contributed by atoms with van der Waals surface area (Å²) in [5, 5.41) is 9.00. The molecule has 0 fully saturated rings. The first-order chi connectivity index (χ1) is 8.69. The Bertz CT molecular complexity index is 560. The third kappa shape index (κ3) is 3.65. The molecule has 0 amide bonds. The molecule has 19 heavy (non-hydrogen) atoms. The summed E-state index contributed by atoms with van der Waals surface area (Å²) in [6, 6.07) is 1.82. The highest BCUT2D eigenvalue weighted by molar-refractivity contribution is 7.89. The van der Waals surface area contributed by atoms with E-state index in [1.165, 1.54) is 13.0 Å². The first-order valence-corrected chi connectivity index (χ1v) is 7.36. The van der Waals surface area contributed by atoms with Crippen molar-refractivity contribution in [2.75, 3.05) is 12.3 Å². The van der Waals surface area contributed by atoms with Gasteiger partial charge in [0.25, 0.3) is 0 Å². The molecule has 0 radical (unpaired) electrons. The summed E-state index contributed by atoms with van der Waals surface area (Å²) >= 11 is 0.